The van der Waals surface area contributed by atoms with Crippen LogP contribution in [0.4, 0.5) is 0 Å². The van der Waals surface area contributed by atoms with Crippen LogP contribution in [0.1, 0.15) is 29.1 Å². The summed E-state index contributed by atoms with van der Waals surface area (Å²) in [5.41, 5.74) is 0.0707. The topological polar surface area (TPSA) is 75.3 Å². The van der Waals surface area contributed by atoms with Crippen LogP contribution in [0.2, 0.25) is 10.0 Å². The van der Waals surface area contributed by atoms with Crippen LogP contribution >= 0.6 is 34.5 Å². The van der Waals surface area contributed by atoms with Gasteiger partial charge in [-0.1, -0.05) is 29.3 Å². The molecule has 1 aromatic heterocycles. The number of carbonyl (C=O) groups is 1. The Morgan fingerprint density at radius 3 is 2.56 bits per heavy atom. The SMILES string of the molecule is CC(C)NS(=O)(=O)c1cc(C(=O)NCCc2cccs2)c(Cl)cc1Cl. The van der Waals surface area contributed by atoms with Crippen molar-refractivity contribution in [1.82, 2.24) is 10.0 Å². The Morgan fingerprint density at radius 2 is 1.96 bits per heavy atom. The van der Waals surface area contributed by atoms with E-state index in [0.717, 1.165) is 4.88 Å². The summed E-state index contributed by atoms with van der Waals surface area (Å²) in [6.07, 6.45) is 0.689. The highest BCUT2D eigenvalue weighted by Gasteiger charge is 2.23. The molecular formula is C16H18Cl2N2O3S2. The summed E-state index contributed by atoms with van der Waals surface area (Å²) in [7, 11) is -3.84. The van der Waals surface area contributed by atoms with Crippen molar-refractivity contribution >= 4 is 50.5 Å². The number of carbonyl (C=O) groups excluding carboxylic acids is 1. The first-order valence-corrected chi connectivity index (χ1v) is 10.6. The highest BCUT2D eigenvalue weighted by atomic mass is 35.5. The van der Waals surface area contributed by atoms with Gasteiger partial charge in [0.15, 0.2) is 0 Å². The van der Waals surface area contributed by atoms with Crippen LogP contribution in [0, 0.1) is 0 Å². The van der Waals surface area contributed by atoms with E-state index >= 15 is 0 Å². The highest BCUT2D eigenvalue weighted by Crippen LogP contribution is 2.29. The van der Waals surface area contributed by atoms with Crippen molar-refractivity contribution in [1.29, 1.82) is 0 Å². The first-order chi connectivity index (χ1) is 11.7. The minimum absolute atomic E-state index is 0.0340. The molecule has 2 rings (SSSR count). The summed E-state index contributed by atoms with van der Waals surface area (Å²) >= 11 is 13.7. The Hall–Kier alpha value is -1.12. The minimum Gasteiger partial charge on any atom is -0.352 e. The largest absolute Gasteiger partial charge is 0.352 e. The normalized spacial score (nSPS) is 11.7. The second-order valence-electron chi connectivity index (χ2n) is 5.62. The molecule has 2 aromatic rings. The Labute approximate surface area is 161 Å². The molecule has 9 heteroatoms. The number of sulfonamides is 1. The third-order valence-corrected chi connectivity index (χ3v) is 6.56. The molecule has 136 valence electrons. The van der Waals surface area contributed by atoms with Crippen LogP contribution in [0.3, 0.4) is 0 Å². The summed E-state index contributed by atoms with van der Waals surface area (Å²) in [5.74, 6) is -0.445. The van der Waals surface area contributed by atoms with Gasteiger partial charge < -0.3 is 5.32 Å². The van der Waals surface area contributed by atoms with Crippen LogP contribution in [0.15, 0.2) is 34.5 Å². The number of hydrogen-bond acceptors (Lipinski definition) is 4. The zero-order valence-electron chi connectivity index (χ0n) is 13.7. The molecule has 0 fully saturated rings. The fraction of sp³-hybridized carbons (Fsp3) is 0.312. The lowest BCUT2D eigenvalue weighted by Crippen LogP contribution is -2.31. The quantitative estimate of drug-likeness (QED) is 0.716. The molecule has 0 aliphatic heterocycles. The van der Waals surface area contributed by atoms with E-state index in [2.05, 4.69) is 10.0 Å². The van der Waals surface area contributed by atoms with Crippen molar-refractivity contribution < 1.29 is 13.2 Å². The number of halogens is 2. The molecule has 0 unspecified atom stereocenters. The number of benzene rings is 1. The van der Waals surface area contributed by atoms with Gasteiger partial charge in [-0.3, -0.25) is 4.79 Å². The second kappa shape index (κ2) is 8.51. The van der Waals surface area contributed by atoms with E-state index in [1.807, 2.05) is 17.5 Å². The molecule has 5 nitrogen and oxygen atoms in total. The van der Waals surface area contributed by atoms with E-state index < -0.39 is 15.9 Å². The molecule has 2 N–H and O–H groups in total. The van der Waals surface area contributed by atoms with Gasteiger partial charge in [-0.15, -0.1) is 11.3 Å². The predicted octanol–water partition coefficient (Wildman–Crippen LogP) is 3.71. The standard InChI is InChI=1S/C16H18Cl2N2O3S2/c1-10(2)20-25(22,23)15-8-12(13(17)9-14(15)18)16(21)19-6-5-11-4-3-7-24-11/h3-4,7-10,20H,5-6H2,1-2H3,(H,19,21). The number of hydrogen-bond donors (Lipinski definition) is 2. The minimum atomic E-state index is -3.84. The fourth-order valence-electron chi connectivity index (χ4n) is 2.13. The molecule has 0 atom stereocenters. The molecule has 0 spiro atoms. The van der Waals surface area contributed by atoms with Crippen molar-refractivity contribution in [2.45, 2.75) is 31.2 Å². The van der Waals surface area contributed by atoms with Gasteiger partial charge in [-0.05, 0) is 43.8 Å². The highest BCUT2D eigenvalue weighted by molar-refractivity contribution is 7.89. The summed E-state index contributed by atoms with van der Waals surface area (Å²) < 4.78 is 27.1. The maximum atomic E-state index is 12.4. The van der Waals surface area contributed by atoms with Gasteiger partial charge in [0.1, 0.15) is 4.90 Å². The Balaban J connectivity index is 2.19. The predicted molar refractivity (Wildman–Crippen MR) is 102 cm³/mol. The fourth-order valence-corrected chi connectivity index (χ4v) is 4.95. The van der Waals surface area contributed by atoms with Crippen molar-refractivity contribution in [3.63, 3.8) is 0 Å². The molecule has 0 bridgehead atoms. The Kier molecular flexibility index (Phi) is 6.87. The first-order valence-electron chi connectivity index (χ1n) is 7.52. The zero-order valence-corrected chi connectivity index (χ0v) is 16.8. The average Bonchev–Trinajstić information content (AvgIpc) is 2.98. The molecule has 0 saturated heterocycles. The summed E-state index contributed by atoms with van der Waals surface area (Å²) in [5, 5.41) is 4.77. The maximum absolute atomic E-state index is 12.4. The third kappa shape index (κ3) is 5.43. The van der Waals surface area contributed by atoms with Crippen molar-refractivity contribution in [2.75, 3.05) is 6.54 Å². The van der Waals surface area contributed by atoms with Crippen LogP contribution < -0.4 is 10.0 Å². The van der Waals surface area contributed by atoms with Crippen LogP contribution in [-0.2, 0) is 16.4 Å². The van der Waals surface area contributed by atoms with Gasteiger partial charge in [0.05, 0.1) is 15.6 Å². The summed E-state index contributed by atoms with van der Waals surface area (Å²) in [4.78, 5) is 13.3. The van der Waals surface area contributed by atoms with Crippen LogP contribution in [0.5, 0.6) is 0 Å². The van der Waals surface area contributed by atoms with Crippen molar-refractivity contribution in [3.05, 3.63) is 50.1 Å². The lowest BCUT2D eigenvalue weighted by atomic mass is 10.2. The van der Waals surface area contributed by atoms with Crippen LogP contribution in [0.25, 0.3) is 0 Å². The number of amides is 1. The summed E-state index contributed by atoms with van der Waals surface area (Å²) in [6, 6.07) is 6.09. The maximum Gasteiger partial charge on any atom is 0.252 e. The van der Waals surface area contributed by atoms with Gasteiger partial charge in [0.25, 0.3) is 5.91 Å². The van der Waals surface area contributed by atoms with Gasteiger partial charge in [-0.2, -0.15) is 0 Å². The third-order valence-electron chi connectivity index (χ3n) is 3.18. The molecule has 1 amide bonds. The number of rotatable bonds is 7. The van der Waals surface area contributed by atoms with Crippen molar-refractivity contribution in [2.24, 2.45) is 0 Å². The van der Waals surface area contributed by atoms with Gasteiger partial charge in [0.2, 0.25) is 10.0 Å². The number of nitrogens with one attached hydrogen (secondary N) is 2. The zero-order chi connectivity index (χ0) is 18.6. The van der Waals surface area contributed by atoms with E-state index in [0.29, 0.717) is 13.0 Å². The Morgan fingerprint density at radius 1 is 1.24 bits per heavy atom. The van der Waals surface area contributed by atoms with Gasteiger partial charge >= 0.3 is 0 Å². The molecule has 1 heterocycles. The van der Waals surface area contributed by atoms with E-state index in [4.69, 9.17) is 23.2 Å². The van der Waals surface area contributed by atoms with Crippen molar-refractivity contribution in [3.8, 4) is 0 Å². The molecular weight excluding hydrogens is 403 g/mol. The molecule has 0 aliphatic carbocycles. The monoisotopic (exact) mass is 420 g/mol. The number of thiophene rings is 1. The van der Waals surface area contributed by atoms with Gasteiger partial charge in [0, 0.05) is 17.5 Å². The second-order valence-corrected chi connectivity index (χ2v) is 9.15. The van der Waals surface area contributed by atoms with E-state index in [1.54, 1.807) is 25.2 Å². The van der Waals surface area contributed by atoms with E-state index in [-0.39, 0.29) is 26.5 Å². The lowest BCUT2D eigenvalue weighted by molar-refractivity contribution is 0.0954. The first kappa shape index (κ1) is 20.2. The average molecular weight is 421 g/mol. The molecule has 0 aliphatic rings. The lowest BCUT2D eigenvalue weighted by Gasteiger charge is -2.13. The molecule has 0 radical (unpaired) electrons. The summed E-state index contributed by atoms with van der Waals surface area (Å²) in [6.45, 7) is 3.81. The molecule has 0 saturated carbocycles. The van der Waals surface area contributed by atoms with E-state index in [1.165, 1.54) is 12.1 Å². The molecule has 25 heavy (non-hydrogen) atoms. The van der Waals surface area contributed by atoms with Gasteiger partial charge in [-0.25, -0.2) is 13.1 Å². The molecule has 1 aromatic carbocycles. The van der Waals surface area contributed by atoms with E-state index in [9.17, 15) is 13.2 Å². The smallest absolute Gasteiger partial charge is 0.252 e. The van der Waals surface area contributed by atoms with Crippen LogP contribution in [-0.4, -0.2) is 26.9 Å². The Bertz CT molecular complexity index is 851.